The van der Waals surface area contributed by atoms with E-state index in [1.165, 1.54) is 0 Å². The van der Waals surface area contributed by atoms with Crippen LogP contribution in [0.15, 0.2) is 0 Å². The van der Waals surface area contributed by atoms with E-state index in [0.717, 1.165) is 0 Å². The van der Waals surface area contributed by atoms with Crippen LogP contribution in [0.4, 0.5) is 0 Å². The normalized spacial score (nSPS) is 16.4. The largest absolute Gasteiger partial charge is 0.342 e. The second kappa shape index (κ2) is 6.75. The molecule has 16 heavy (non-hydrogen) atoms. The van der Waals surface area contributed by atoms with Gasteiger partial charge in [0.1, 0.15) is 0 Å². The summed E-state index contributed by atoms with van der Waals surface area (Å²) in [5.41, 5.74) is -1.27. The van der Waals surface area contributed by atoms with Crippen LogP contribution in [0, 0.1) is 0 Å². The zero-order chi connectivity index (χ0) is 12.8. The highest BCUT2D eigenvalue weighted by atomic mass is 31.2. The van der Waals surface area contributed by atoms with Crippen molar-refractivity contribution in [2.24, 2.45) is 0 Å². The summed E-state index contributed by atoms with van der Waals surface area (Å²) < 4.78 is 29.4. The minimum Gasteiger partial charge on any atom is -0.342 e. The van der Waals surface area contributed by atoms with Crippen LogP contribution in [0.2, 0.25) is 0 Å². The van der Waals surface area contributed by atoms with Crippen LogP contribution in [-0.2, 0) is 18.6 Å². The lowest BCUT2D eigenvalue weighted by Crippen LogP contribution is -2.36. The molecule has 0 aromatic heterocycles. The second-order valence-corrected chi connectivity index (χ2v) is 7.17. The van der Waals surface area contributed by atoms with Gasteiger partial charge in [0.15, 0.2) is 0 Å². The van der Waals surface area contributed by atoms with Gasteiger partial charge in [0.2, 0.25) is 5.53 Å². The summed E-state index contributed by atoms with van der Waals surface area (Å²) in [5, 5.41) is 0. The molecule has 5 heteroatoms. The molecule has 1 unspecified atom stereocenters. The molecule has 0 spiro atoms. The number of rotatable bonds is 8. The van der Waals surface area contributed by atoms with E-state index in [1.807, 2.05) is 34.6 Å². The lowest BCUT2D eigenvalue weighted by molar-refractivity contribution is -0.168. The Labute approximate surface area is 99.1 Å². The van der Waals surface area contributed by atoms with Crippen LogP contribution in [0.25, 0.3) is 0 Å². The molecule has 0 aliphatic heterocycles. The molecule has 98 valence electrons. The Morgan fingerprint density at radius 1 is 1.06 bits per heavy atom. The Kier molecular flexibility index (Phi) is 6.80. The summed E-state index contributed by atoms with van der Waals surface area (Å²) in [4.78, 5) is 0. The van der Waals surface area contributed by atoms with E-state index < -0.39 is 12.9 Å². The van der Waals surface area contributed by atoms with Crippen LogP contribution in [0.3, 0.4) is 0 Å². The Hall–Kier alpha value is 0.110. The van der Waals surface area contributed by atoms with Gasteiger partial charge in [-0.2, -0.15) is 0 Å². The molecule has 0 aromatic rings. The molecule has 0 N–H and O–H groups in total. The molecule has 1 atom stereocenters. The summed E-state index contributed by atoms with van der Waals surface area (Å²) in [6.07, 6.45) is 0. The van der Waals surface area contributed by atoms with Gasteiger partial charge in [0.25, 0.3) is 7.37 Å². The first-order valence-corrected chi connectivity index (χ1v) is 7.59. The van der Waals surface area contributed by atoms with Crippen LogP contribution < -0.4 is 0 Å². The summed E-state index contributed by atoms with van der Waals surface area (Å²) in [6, 6.07) is 0. The number of hydrogen-bond acceptors (Lipinski definition) is 4. The Bertz CT molecular complexity index is 234. The van der Waals surface area contributed by atoms with Crippen molar-refractivity contribution in [1.29, 1.82) is 0 Å². The van der Waals surface area contributed by atoms with Crippen molar-refractivity contribution in [1.82, 2.24) is 0 Å². The molecule has 0 bridgehead atoms. The van der Waals surface area contributed by atoms with Crippen molar-refractivity contribution in [2.75, 3.05) is 19.8 Å². The first-order chi connectivity index (χ1) is 7.38. The summed E-state index contributed by atoms with van der Waals surface area (Å²) in [5.74, 6) is 0. The van der Waals surface area contributed by atoms with Gasteiger partial charge in [-0.3, -0.25) is 4.57 Å². The molecule has 0 radical (unpaired) electrons. The van der Waals surface area contributed by atoms with Gasteiger partial charge in [-0.1, -0.05) is 13.8 Å². The quantitative estimate of drug-likeness (QED) is 0.490. The molecule has 0 saturated carbocycles. The van der Waals surface area contributed by atoms with Gasteiger partial charge in [-0.05, 0) is 27.7 Å². The highest BCUT2D eigenvalue weighted by Crippen LogP contribution is 2.63. The third kappa shape index (κ3) is 3.30. The molecule has 0 aliphatic carbocycles. The summed E-state index contributed by atoms with van der Waals surface area (Å²) in [7, 11) is -2.99. The van der Waals surface area contributed by atoms with E-state index in [0.29, 0.717) is 19.8 Å². The lowest BCUT2D eigenvalue weighted by Gasteiger charge is -2.38. The first kappa shape index (κ1) is 16.1. The standard InChI is InChI=1S/C11H25O4P/c1-7-13-11(6,14-8-2)16(12,10(4)5)15-9-3/h10H,7-9H2,1-6H3. The van der Waals surface area contributed by atoms with Crippen LogP contribution >= 0.6 is 7.37 Å². The molecule has 0 rings (SSSR count). The molecule has 0 aliphatic rings. The molecule has 0 saturated heterocycles. The molecular formula is C11H25O4P. The molecule has 0 heterocycles. The summed E-state index contributed by atoms with van der Waals surface area (Å²) in [6.45, 7) is 12.3. The molecule has 0 aromatic carbocycles. The third-order valence-electron chi connectivity index (χ3n) is 2.39. The predicted molar refractivity (Wildman–Crippen MR) is 66.0 cm³/mol. The number of hydrogen-bond donors (Lipinski definition) is 0. The maximum Gasteiger partial charge on any atom is 0.262 e. The maximum absolute atomic E-state index is 12.8. The van der Waals surface area contributed by atoms with Gasteiger partial charge < -0.3 is 14.0 Å². The van der Waals surface area contributed by atoms with Crippen molar-refractivity contribution >= 4 is 7.37 Å². The van der Waals surface area contributed by atoms with Crippen LogP contribution in [-0.4, -0.2) is 31.0 Å². The fourth-order valence-corrected chi connectivity index (χ4v) is 4.16. The third-order valence-corrected chi connectivity index (χ3v) is 5.78. The first-order valence-electron chi connectivity index (χ1n) is 5.90. The average molecular weight is 252 g/mol. The van der Waals surface area contributed by atoms with E-state index in [9.17, 15) is 4.57 Å². The van der Waals surface area contributed by atoms with Crippen molar-refractivity contribution in [3.05, 3.63) is 0 Å². The minimum absolute atomic E-state index is 0.129. The molecular weight excluding hydrogens is 227 g/mol. The van der Waals surface area contributed by atoms with E-state index in [1.54, 1.807) is 6.92 Å². The molecule has 0 amide bonds. The van der Waals surface area contributed by atoms with E-state index in [4.69, 9.17) is 14.0 Å². The number of ether oxygens (including phenoxy) is 2. The monoisotopic (exact) mass is 252 g/mol. The van der Waals surface area contributed by atoms with Crippen molar-refractivity contribution in [3.63, 3.8) is 0 Å². The topological polar surface area (TPSA) is 44.8 Å². The highest BCUT2D eigenvalue weighted by Gasteiger charge is 2.49. The van der Waals surface area contributed by atoms with Gasteiger partial charge in [-0.15, -0.1) is 0 Å². The molecule has 4 nitrogen and oxygen atoms in total. The van der Waals surface area contributed by atoms with Crippen molar-refractivity contribution < 1.29 is 18.6 Å². The average Bonchev–Trinajstić information content (AvgIpc) is 2.18. The van der Waals surface area contributed by atoms with Gasteiger partial charge in [0.05, 0.1) is 6.61 Å². The van der Waals surface area contributed by atoms with E-state index >= 15 is 0 Å². The Balaban J connectivity index is 5.16. The zero-order valence-electron chi connectivity index (χ0n) is 11.3. The van der Waals surface area contributed by atoms with Crippen molar-refractivity contribution in [2.45, 2.75) is 52.7 Å². The maximum atomic E-state index is 12.8. The summed E-state index contributed by atoms with van der Waals surface area (Å²) >= 11 is 0. The fourth-order valence-electron chi connectivity index (χ4n) is 1.68. The molecule has 0 fully saturated rings. The zero-order valence-corrected chi connectivity index (χ0v) is 12.2. The SMILES string of the molecule is CCOC(C)(OCC)P(=O)(OCC)C(C)C. The van der Waals surface area contributed by atoms with Gasteiger partial charge in [-0.25, -0.2) is 0 Å². The van der Waals surface area contributed by atoms with Crippen LogP contribution in [0.1, 0.15) is 41.5 Å². The van der Waals surface area contributed by atoms with Crippen LogP contribution in [0.5, 0.6) is 0 Å². The van der Waals surface area contributed by atoms with Gasteiger partial charge >= 0.3 is 0 Å². The highest BCUT2D eigenvalue weighted by molar-refractivity contribution is 7.60. The minimum atomic E-state index is -2.99. The lowest BCUT2D eigenvalue weighted by atomic mass is 10.6. The van der Waals surface area contributed by atoms with E-state index in [-0.39, 0.29) is 5.66 Å². The predicted octanol–water partition coefficient (Wildman–Crippen LogP) is 3.46. The smallest absolute Gasteiger partial charge is 0.262 e. The Morgan fingerprint density at radius 2 is 1.50 bits per heavy atom. The van der Waals surface area contributed by atoms with Gasteiger partial charge in [0, 0.05) is 18.9 Å². The van der Waals surface area contributed by atoms with Crippen molar-refractivity contribution in [3.8, 4) is 0 Å². The Morgan fingerprint density at radius 3 is 1.75 bits per heavy atom. The fraction of sp³-hybridized carbons (Fsp3) is 1.00. The van der Waals surface area contributed by atoms with E-state index in [2.05, 4.69) is 0 Å². The second-order valence-electron chi connectivity index (χ2n) is 3.87.